The van der Waals surface area contributed by atoms with Crippen molar-refractivity contribution in [2.45, 2.75) is 179 Å². The normalized spacial score (nSPS) is 29.9. The average molecular weight is 741 g/mol. The molecule has 0 bridgehead atoms. The molecule has 240 valence electrons. The minimum Gasteiger partial charge on any atom is -0.408 e. The highest BCUT2D eigenvalue weighted by Crippen LogP contribution is 2.47. The molecular weight excluding hydrogens is 679 g/mol. The van der Waals surface area contributed by atoms with Crippen molar-refractivity contribution in [1.82, 2.24) is 0 Å². The first-order chi connectivity index (χ1) is 18.4. The summed E-state index contributed by atoms with van der Waals surface area (Å²) >= 11 is 2.29. The second-order valence-electron chi connectivity index (χ2n) is 16.7. The summed E-state index contributed by atoms with van der Waals surface area (Å²) in [7, 11) is -6.69. The molecule has 0 aliphatic carbocycles. The van der Waals surface area contributed by atoms with E-state index in [1.54, 1.807) is 0 Å². The Labute approximate surface area is 268 Å². The summed E-state index contributed by atoms with van der Waals surface area (Å²) in [4.78, 5) is 11.5. The van der Waals surface area contributed by atoms with Crippen LogP contribution < -0.4 is 0 Å². The van der Waals surface area contributed by atoms with Crippen LogP contribution in [0.3, 0.4) is 0 Å². The summed E-state index contributed by atoms with van der Waals surface area (Å²) in [6.07, 6.45) is 3.25. The molecule has 0 amide bonds. The fourth-order valence-corrected chi connectivity index (χ4v) is 8.89. The van der Waals surface area contributed by atoms with E-state index in [-0.39, 0.29) is 57.8 Å². The van der Waals surface area contributed by atoms with Crippen molar-refractivity contribution in [2.75, 3.05) is 0 Å². The summed E-state index contributed by atoms with van der Waals surface area (Å²) in [6, 6.07) is 0. The highest BCUT2D eigenvalue weighted by molar-refractivity contribution is 14.1. The van der Waals surface area contributed by atoms with Gasteiger partial charge in [0, 0.05) is 6.42 Å². The Hall–Kier alpha value is 0.591. The number of hydrogen-bond donors (Lipinski definition) is 0. The lowest BCUT2D eigenvalue weighted by molar-refractivity contribution is -0.266. The fraction of sp³-hybridized carbons (Fsp3) is 0.903. The van der Waals surface area contributed by atoms with Crippen molar-refractivity contribution in [3.8, 4) is 0 Å². The van der Waals surface area contributed by atoms with Gasteiger partial charge in [-0.2, -0.15) is 0 Å². The number of carbonyl (C=O) groups excluding carboxylic acids is 1. The van der Waals surface area contributed by atoms with Crippen LogP contribution in [0.2, 0.25) is 54.4 Å². The fourth-order valence-electron chi connectivity index (χ4n) is 4.63. The molecule has 2 fully saturated rings. The molecule has 2 saturated heterocycles. The maximum absolute atomic E-state index is 11.5. The maximum Gasteiger partial charge on any atom is 0.193 e. The van der Waals surface area contributed by atoms with Gasteiger partial charge >= 0.3 is 0 Å². The van der Waals surface area contributed by atoms with Crippen molar-refractivity contribution in [3.63, 3.8) is 0 Å². The van der Waals surface area contributed by atoms with Gasteiger partial charge in [-0.05, 0) is 77.4 Å². The van der Waals surface area contributed by atoms with Crippen LogP contribution in [0.5, 0.6) is 0 Å². The van der Waals surface area contributed by atoms with Crippen molar-refractivity contribution in [1.29, 1.82) is 0 Å². The second kappa shape index (κ2) is 13.5. The molecule has 2 aliphatic heterocycles. The highest BCUT2D eigenvalue weighted by Gasteiger charge is 2.57. The monoisotopic (exact) mass is 740 g/mol. The van der Waals surface area contributed by atoms with Gasteiger partial charge in [0.15, 0.2) is 25.0 Å². The molecular formula is C31H61IO6Si3. The quantitative estimate of drug-likeness (QED) is 0.127. The Morgan fingerprint density at radius 3 is 1.71 bits per heavy atom. The van der Waals surface area contributed by atoms with Gasteiger partial charge in [-0.15, -0.1) is 0 Å². The summed E-state index contributed by atoms with van der Waals surface area (Å²) in [6.45, 7) is 34.3. The molecule has 1 unspecified atom stereocenters. The SMILES string of the molecule is CC(C)(C)[Si](C)(C)OC(/C=C/I)[C@@H]1O[C@H]2CC[C@H](CC=O)O[C@@H]2[C@H](O[Si](C)(C)C(C)(C)C)[C@@H]1O[Si](C)(C)C(C)(C)C. The summed E-state index contributed by atoms with van der Waals surface area (Å²) < 4.78 is 37.6. The molecule has 0 saturated carbocycles. The first-order valence-electron chi connectivity index (χ1n) is 15.4. The minimum atomic E-state index is -2.28. The molecule has 0 spiro atoms. The van der Waals surface area contributed by atoms with Crippen molar-refractivity contribution >= 4 is 53.8 Å². The molecule has 41 heavy (non-hydrogen) atoms. The van der Waals surface area contributed by atoms with E-state index < -0.39 is 25.0 Å². The van der Waals surface area contributed by atoms with Crippen LogP contribution in [0.4, 0.5) is 0 Å². The smallest absolute Gasteiger partial charge is 0.193 e. The topological polar surface area (TPSA) is 63.2 Å². The van der Waals surface area contributed by atoms with Gasteiger partial charge in [0.05, 0.1) is 18.3 Å². The Bertz CT molecular complexity index is 903. The van der Waals surface area contributed by atoms with E-state index in [0.717, 1.165) is 19.1 Å². The number of halogens is 1. The molecule has 2 heterocycles. The highest BCUT2D eigenvalue weighted by atomic mass is 127. The molecule has 2 aliphatic rings. The largest absolute Gasteiger partial charge is 0.408 e. The number of rotatable bonds is 10. The van der Waals surface area contributed by atoms with E-state index in [1.807, 2.05) is 0 Å². The van der Waals surface area contributed by atoms with Gasteiger partial charge in [0.2, 0.25) is 0 Å². The third-order valence-electron chi connectivity index (χ3n) is 10.4. The minimum absolute atomic E-state index is 0.00170. The Kier molecular flexibility index (Phi) is 12.5. The Morgan fingerprint density at radius 2 is 1.27 bits per heavy atom. The van der Waals surface area contributed by atoms with Gasteiger partial charge in [-0.1, -0.05) is 84.9 Å². The standard InChI is InChI=1S/C31H61IO6Si3/c1-29(2,3)39(10,11)36-24(18-20-32)26-28(38-41(14,15)31(7,8)9)27(37-40(12,13)30(4,5)6)25-23(35-26)17-16-22(34-25)19-21-33/h18,20-28H,16-17,19H2,1-15H3/b20-18+/t22-,23+,24?,25+,26+,27+,28-/m1/s1. The number of ether oxygens (including phenoxy) is 2. The van der Waals surface area contributed by atoms with Crippen LogP contribution in [0.15, 0.2) is 10.2 Å². The van der Waals surface area contributed by atoms with Crippen LogP contribution in [0, 0.1) is 0 Å². The van der Waals surface area contributed by atoms with Crippen molar-refractivity contribution in [3.05, 3.63) is 10.2 Å². The zero-order valence-corrected chi connectivity index (χ0v) is 33.9. The van der Waals surface area contributed by atoms with Gasteiger partial charge in [0.1, 0.15) is 30.7 Å². The lowest BCUT2D eigenvalue weighted by Gasteiger charge is -2.56. The number of aldehydes is 1. The zero-order valence-electron chi connectivity index (χ0n) is 28.7. The zero-order chi connectivity index (χ0) is 31.8. The summed E-state index contributed by atoms with van der Waals surface area (Å²) in [5.41, 5.74) is 0. The van der Waals surface area contributed by atoms with Crippen LogP contribution in [-0.4, -0.2) is 74.0 Å². The van der Waals surface area contributed by atoms with E-state index in [1.165, 1.54) is 0 Å². The van der Waals surface area contributed by atoms with Crippen molar-refractivity contribution < 1.29 is 27.5 Å². The molecule has 10 heteroatoms. The van der Waals surface area contributed by atoms with Crippen LogP contribution >= 0.6 is 22.6 Å². The third-order valence-corrected chi connectivity index (χ3v) is 24.3. The Balaban J connectivity index is 2.73. The first kappa shape index (κ1) is 37.8. The molecule has 0 aromatic carbocycles. The van der Waals surface area contributed by atoms with Crippen LogP contribution in [-0.2, 0) is 27.5 Å². The molecule has 0 N–H and O–H groups in total. The van der Waals surface area contributed by atoms with E-state index in [4.69, 9.17) is 22.8 Å². The van der Waals surface area contributed by atoms with Gasteiger partial charge in [0.25, 0.3) is 0 Å². The lowest BCUT2D eigenvalue weighted by Crippen LogP contribution is -2.69. The molecule has 7 atom stereocenters. The van der Waals surface area contributed by atoms with E-state index >= 15 is 0 Å². The van der Waals surface area contributed by atoms with Crippen LogP contribution in [0.25, 0.3) is 0 Å². The van der Waals surface area contributed by atoms with E-state index in [2.05, 4.69) is 134 Å². The van der Waals surface area contributed by atoms with Crippen LogP contribution in [0.1, 0.15) is 81.6 Å². The molecule has 0 radical (unpaired) electrons. The summed E-state index contributed by atoms with van der Waals surface area (Å²) in [5, 5.41) is 0.0521. The predicted molar refractivity (Wildman–Crippen MR) is 187 cm³/mol. The van der Waals surface area contributed by atoms with Gasteiger partial charge in [-0.3, -0.25) is 0 Å². The molecule has 6 nitrogen and oxygen atoms in total. The van der Waals surface area contributed by atoms with Gasteiger partial charge in [-0.25, -0.2) is 0 Å². The Morgan fingerprint density at radius 1 is 0.780 bits per heavy atom. The van der Waals surface area contributed by atoms with Gasteiger partial charge < -0.3 is 27.5 Å². The average Bonchev–Trinajstić information content (AvgIpc) is 2.78. The predicted octanol–water partition coefficient (Wildman–Crippen LogP) is 9.01. The molecule has 2 rings (SSSR count). The second-order valence-corrected chi connectivity index (χ2v) is 31.7. The molecule has 0 aromatic heterocycles. The number of fused-ring (bicyclic) bond motifs is 1. The summed E-state index contributed by atoms with van der Waals surface area (Å²) in [5.74, 6) is 0. The van der Waals surface area contributed by atoms with Crippen molar-refractivity contribution in [2.24, 2.45) is 0 Å². The first-order valence-corrected chi connectivity index (χ1v) is 25.4. The third kappa shape index (κ3) is 9.08. The maximum atomic E-state index is 11.5. The molecule has 0 aromatic rings. The number of carbonyl (C=O) groups is 1. The van der Waals surface area contributed by atoms with E-state index in [0.29, 0.717) is 6.42 Å². The number of hydrogen-bond acceptors (Lipinski definition) is 6. The van der Waals surface area contributed by atoms with E-state index in [9.17, 15) is 4.79 Å². The lowest BCUT2D eigenvalue weighted by atomic mass is 9.87.